The molecule has 140 valence electrons. The average Bonchev–Trinajstić information content (AvgIpc) is 3.32. The Morgan fingerprint density at radius 3 is 2.46 bits per heavy atom. The van der Waals surface area contributed by atoms with Crippen LogP contribution in [0.4, 0.5) is 0 Å². The van der Waals surface area contributed by atoms with Crippen molar-refractivity contribution in [3.63, 3.8) is 0 Å². The molecule has 2 N–H and O–H groups in total. The Balaban J connectivity index is 1.47. The Labute approximate surface area is 165 Å². The third-order valence-electron chi connectivity index (χ3n) is 4.40. The largest absolute Gasteiger partial charge is 0.451 e. The number of aromatic nitrogens is 1. The number of amides is 2. The highest BCUT2D eigenvalue weighted by Gasteiger charge is 2.17. The number of nitrogens with one attached hydrogen (secondary N) is 2. The molecule has 0 saturated heterocycles. The van der Waals surface area contributed by atoms with E-state index >= 15 is 0 Å². The lowest BCUT2D eigenvalue weighted by Gasteiger charge is -2.05. The third kappa shape index (κ3) is 3.25. The smallest absolute Gasteiger partial charge is 0.305 e. The molecule has 4 aromatic rings. The van der Waals surface area contributed by atoms with Gasteiger partial charge in [0.05, 0.1) is 10.6 Å². The molecule has 2 aromatic heterocycles. The number of para-hydroxylation sites is 1. The highest BCUT2D eigenvalue weighted by molar-refractivity contribution is 6.33. The van der Waals surface area contributed by atoms with Crippen molar-refractivity contribution in [1.82, 2.24) is 15.4 Å². The van der Waals surface area contributed by atoms with E-state index in [1.54, 1.807) is 24.4 Å². The molecule has 2 aromatic carbocycles. The molecule has 0 spiro atoms. The summed E-state index contributed by atoms with van der Waals surface area (Å²) < 4.78 is 7.43. The quantitative estimate of drug-likeness (QED) is 0.513. The summed E-state index contributed by atoms with van der Waals surface area (Å²) in [5, 5.41) is 1.32. The van der Waals surface area contributed by atoms with Gasteiger partial charge in [-0.2, -0.15) is 0 Å². The van der Waals surface area contributed by atoms with E-state index < -0.39 is 11.8 Å². The number of fused-ring (bicyclic) bond motifs is 1. The summed E-state index contributed by atoms with van der Waals surface area (Å²) in [6.45, 7) is 0. The standard InChI is InChI=1S/C21H16ClN3O3/c1-25-12-15(13-6-3-5-9-17(13)25)20(26)23-24-21(27)19-11-10-18(28-19)14-7-2-4-8-16(14)22/h2-12H,1H3,(H,23,26)(H,24,27). The van der Waals surface area contributed by atoms with Crippen LogP contribution in [0.15, 0.2) is 71.3 Å². The van der Waals surface area contributed by atoms with Crippen LogP contribution in [0, 0.1) is 0 Å². The van der Waals surface area contributed by atoms with E-state index in [0.717, 1.165) is 10.9 Å². The number of carbonyl (C=O) groups excluding carboxylic acids is 2. The highest BCUT2D eigenvalue weighted by atomic mass is 35.5. The second kappa shape index (κ2) is 7.25. The molecule has 2 heterocycles. The molecule has 7 heteroatoms. The molecular formula is C21H16ClN3O3. The number of benzene rings is 2. The van der Waals surface area contributed by atoms with Crippen LogP contribution < -0.4 is 10.9 Å². The number of hydrogen-bond acceptors (Lipinski definition) is 3. The van der Waals surface area contributed by atoms with E-state index in [4.69, 9.17) is 16.0 Å². The fraction of sp³-hybridized carbons (Fsp3) is 0.0476. The van der Waals surface area contributed by atoms with Crippen molar-refractivity contribution in [2.24, 2.45) is 7.05 Å². The highest BCUT2D eigenvalue weighted by Crippen LogP contribution is 2.29. The SMILES string of the molecule is Cn1cc(C(=O)NNC(=O)c2ccc(-c3ccccc3Cl)o2)c2ccccc21. The normalized spacial score (nSPS) is 10.8. The van der Waals surface area contributed by atoms with Crippen molar-refractivity contribution >= 4 is 34.3 Å². The van der Waals surface area contributed by atoms with Gasteiger partial charge in [0.15, 0.2) is 5.76 Å². The maximum atomic E-state index is 12.5. The lowest BCUT2D eigenvalue weighted by atomic mass is 10.2. The summed E-state index contributed by atoms with van der Waals surface area (Å²) in [7, 11) is 1.86. The molecule has 6 nitrogen and oxygen atoms in total. The van der Waals surface area contributed by atoms with Gasteiger partial charge in [0.1, 0.15) is 5.76 Å². The minimum Gasteiger partial charge on any atom is -0.451 e. The average molecular weight is 394 g/mol. The maximum absolute atomic E-state index is 12.5. The molecule has 28 heavy (non-hydrogen) atoms. The number of carbonyl (C=O) groups is 2. The first-order valence-corrected chi connectivity index (χ1v) is 8.92. The van der Waals surface area contributed by atoms with E-state index in [1.165, 1.54) is 6.07 Å². The Bertz CT molecular complexity index is 1190. The molecule has 0 aliphatic heterocycles. The van der Waals surface area contributed by atoms with Gasteiger partial charge in [-0.1, -0.05) is 41.9 Å². The van der Waals surface area contributed by atoms with Crippen molar-refractivity contribution < 1.29 is 14.0 Å². The van der Waals surface area contributed by atoms with Crippen molar-refractivity contribution in [2.45, 2.75) is 0 Å². The van der Waals surface area contributed by atoms with Gasteiger partial charge in [0.2, 0.25) is 0 Å². The van der Waals surface area contributed by atoms with E-state index in [0.29, 0.717) is 21.9 Å². The van der Waals surface area contributed by atoms with Crippen LogP contribution >= 0.6 is 11.6 Å². The van der Waals surface area contributed by atoms with Crippen molar-refractivity contribution in [1.29, 1.82) is 0 Å². The molecule has 0 saturated carbocycles. The zero-order valence-electron chi connectivity index (χ0n) is 14.9. The Hall–Kier alpha value is -3.51. The van der Waals surface area contributed by atoms with Crippen LogP contribution in [-0.2, 0) is 7.05 Å². The van der Waals surface area contributed by atoms with Crippen molar-refractivity contribution in [3.8, 4) is 11.3 Å². The summed E-state index contributed by atoms with van der Waals surface area (Å²) in [5.74, 6) is -0.445. The van der Waals surface area contributed by atoms with Gasteiger partial charge >= 0.3 is 5.91 Å². The zero-order valence-corrected chi connectivity index (χ0v) is 15.7. The molecule has 0 aliphatic rings. The van der Waals surface area contributed by atoms with Gasteiger partial charge in [-0.25, -0.2) is 0 Å². The number of halogens is 1. The molecule has 2 amide bonds. The van der Waals surface area contributed by atoms with Gasteiger partial charge in [0, 0.05) is 29.7 Å². The van der Waals surface area contributed by atoms with Gasteiger partial charge in [0.25, 0.3) is 5.91 Å². The molecule has 4 rings (SSSR count). The van der Waals surface area contributed by atoms with E-state index in [-0.39, 0.29) is 5.76 Å². The number of furan rings is 1. The molecule has 0 unspecified atom stereocenters. The number of hydrogen-bond donors (Lipinski definition) is 2. The lowest BCUT2D eigenvalue weighted by Crippen LogP contribution is -2.41. The Morgan fingerprint density at radius 1 is 0.929 bits per heavy atom. The monoisotopic (exact) mass is 393 g/mol. The summed E-state index contributed by atoms with van der Waals surface area (Å²) in [5.41, 5.74) is 6.88. The summed E-state index contributed by atoms with van der Waals surface area (Å²) in [6.07, 6.45) is 1.72. The first kappa shape index (κ1) is 17.9. The van der Waals surface area contributed by atoms with Crippen molar-refractivity contribution in [3.05, 3.63) is 83.2 Å². The van der Waals surface area contributed by atoms with Crippen LogP contribution in [0.5, 0.6) is 0 Å². The fourth-order valence-electron chi connectivity index (χ4n) is 3.03. The van der Waals surface area contributed by atoms with E-state index in [1.807, 2.05) is 48.0 Å². The van der Waals surface area contributed by atoms with Crippen LogP contribution in [0.25, 0.3) is 22.2 Å². The summed E-state index contributed by atoms with van der Waals surface area (Å²) >= 11 is 6.15. The Kier molecular flexibility index (Phi) is 4.63. The van der Waals surface area contributed by atoms with Gasteiger partial charge in [-0.3, -0.25) is 20.4 Å². The van der Waals surface area contributed by atoms with Crippen LogP contribution in [-0.4, -0.2) is 16.4 Å². The molecule has 0 aliphatic carbocycles. The minimum atomic E-state index is -0.563. The molecule has 0 radical (unpaired) electrons. The van der Waals surface area contributed by atoms with Gasteiger partial charge < -0.3 is 8.98 Å². The molecule has 0 bridgehead atoms. The first-order chi connectivity index (χ1) is 13.5. The molecule has 0 fully saturated rings. The lowest BCUT2D eigenvalue weighted by molar-refractivity contribution is 0.0832. The van der Waals surface area contributed by atoms with Gasteiger partial charge in [-0.05, 0) is 30.3 Å². The van der Waals surface area contributed by atoms with Crippen LogP contribution in [0.2, 0.25) is 5.02 Å². The predicted octanol–water partition coefficient (Wildman–Crippen LogP) is 4.17. The fourth-order valence-corrected chi connectivity index (χ4v) is 3.26. The van der Waals surface area contributed by atoms with E-state index in [9.17, 15) is 9.59 Å². The Morgan fingerprint density at radius 2 is 1.64 bits per heavy atom. The summed E-state index contributed by atoms with van der Waals surface area (Å²) in [6, 6.07) is 17.9. The third-order valence-corrected chi connectivity index (χ3v) is 4.73. The first-order valence-electron chi connectivity index (χ1n) is 8.54. The summed E-state index contributed by atoms with van der Waals surface area (Å²) in [4.78, 5) is 24.8. The second-order valence-corrected chi connectivity index (χ2v) is 6.63. The second-order valence-electron chi connectivity index (χ2n) is 6.22. The number of rotatable bonds is 3. The molecular weight excluding hydrogens is 378 g/mol. The van der Waals surface area contributed by atoms with Gasteiger partial charge in [-0.15, -0.1) is 0 Å². The van der Waals surface area contributed by atoms with Crippen molar-refractivity contribution in [2.75, 3.05) is 0 Å². The van der Waals surface area contributed by atoms with Crippen LogP contribution in [0.3, 0.4) is 0 Å². The number of hydrazine groups is 1. The van der Waals surface area contributed by atoms with Crippen LogP contribution in [0.1, 0.15) is 20.9 Å². The zero-order chi connectivity index (χ0) is 19.7. The number of nitrogens with zero attached hydrogens (tertiary/aromatic N) is 1. The predicted molar refractivity (Wildman–Crippen MR) is 107 cm³/mol. The number of aryl methyl sites for hydroxylation is 1. The molecule has 0 atom stereocenters. The topological polar surface area (TPSA) is 76.3 Å². The van der Waals surface area contributed by atoms with E-state index in [2.05, 4.69) is 10.9 Å². The minimum absolute atomic E-state index is 0.0631. The maximum Gasteiger partial charge on any atom is 0.305 e.